The van der Waals surface area contributed by atoms with Crippen molar-refractivity contribution in [3.8, 4) is 0 Å². The Morgan fingerprint density at radius 1 is 1.24 bits per heavy atom. The van der Waals surface area contributed by atoms with E-state index in [4.69, 9.17) is 5.73 Å². The molecule has 2 atom stereocenters. The van der Waals surface area contributed by atoms with Crippen LogP contribution in [-0.4, -0.2) is 49.6 Å². The van der Waals surface area contributed by atoms with Crippen LogP contribution in [0.4, 0.5) is 8.78 Å². The van der Waals surface area contributed by atoms with Crippen LogP contribution in [-0.2, 0) is 0 Å². The van der Waals surface area contributed by atoms with Gasteiger partial charge in [-0.2, -0.15) is 0 Å². The summed E-state index contributed by atoms with van der Waals surface area (Å²) in [7, 11) is 4.08. The van der Waals surface area contributed by atoms with E-state index in [1.165, 1.54) is 6.07 Å². The third-order valence-electron chi connectivity index (χ3n) is 3.77. The molecule has 3 nitrogen and oxygen atoms in total. The summed E-state index contributed by atoms with van der Waals surface area (Å²) in [5.41, 5.74) is 6.28. The monoisotopic (exact) mass is 299 g/mol. The molecule has 0 saturated heterocycles. The van der Waals surface area contributed by atoms with Gasteiger partial charge in [-0.3, -0.25) is 4.90 Å². The maximum atomic E-state index is 13.7. The zero-order chi connectivity index (χ0) is 16.0. The summed E-state index contributed by atoms with van der Waals surface area (Å²) in [6.07, 6.45) is 0.603. The number of likely N-dealkylation sites (N-methyl/N-ethyl adjacent to an activating group) is 2. The van der Waals surface area contributed by atoms with E-state index >= 15 is 0 Å². The summed E-state index contributed by atoms with van der Waals surface area (Å²) in [6, 6.07) is 4.08. The highest BCUT2D eigenvalue weighted by Gasteiger charge is 2.18. The third kappa shape index (κ3) is 5.34. The Bertz CT molecular complexity index is 438. The Labute approximate surface area is 126 Å². The third-order valence-corrected chi connectivity index (χ3v) is 3.77. The Balaban J connectivity index is 2.62. The van der Waals surface area contributed by atoms with E-state index in [0.717, 1.165) is 25.7 Å². The van der Waals surface area contributed by atoms with Gasteiger partial charge in [-0.05, 0) is 40.1 Å². The van der Waals surface area contributed by atoms with Crippen LogP contribution < -0.4 is 5.73 Å². The lowest BCUT2D eigenvalue weighted by molar-refractivity contribution is 0.176. The van der Waals surface area contributed by atoms with Crippen LogP contribution in [0.2, 0.25) is 0 Å². The molecule has 0 aliphatic heterocycles. The van der Waals surface area contributed by atoms with Crippen molar-refractivity contribution >= 4 is 0 Å². The van der Waals surface area contributed by atoms with Gasteiger partial charge >= 0.3 is 0 Å². The molecule has 0 saturated carbocycles. The van der Waals surface area contributed by atoms with Crippen molar-refractivity contribution in [2.24, 2.45) is 5.73 Å². The number of halogens is 2. The summed E-state index contributed by atoms with van der Waals surface area (Å²) < 4.78 is 26.9. The highest BCUT2D eigenvalue weighted by Crippen LogP contribution is 2.20. The predicted octanol–water partition coefficient (Wildman–Crippen LogP) is 2.63. The Morgan fingerprint density at radius 3 is 2.48 bits per heavy atom. The van der Waals surface area contributed by atoms with Gasteiger partial charge in [0.25, 0.3) is 0 Å². The lowest BCUT2D eigenvalue weighted by Crippen LogP contribution is -2.41. The summed E-state index contributed by atoms with van der Waals surface area (Å²) in [5, 5.41) is 0. The highest BCUT2D eigenvalue weighted by atomic mass is 19.2. The van der Waals surface area contributed by atoms with Crippen LogP contribution in [0.25, 0.3) is 0 Å². The molecule has 0 fully saturated rings. The number of nitrogens with two attached hydrogens (primary N) is 1. The molecule has 0 spiro atoms. The van der Waals surface area contributed by atoms with Crippen LogP contribution in [0.3, 0.4) is 0 Å². The maximum Gasteiger partial charge on any atom is 0.163 e. The molecule has 5 heteroatoms. The van der Waals surface area contributed by atoms with Crippen molar-refractivity contribution in [2.45, 2.75) is 32.4 Å². The normalized spacial score (nSPS) is 14.7. The largest absolute Gasteiger partial charge is 0.324 e. The maximum absolute atomic E-state index is 13.7. The molecule has 0 radical (unpaired) electrons. The fourth-order valence-corrected chi connectivity index (χ4v) is 2.60. The zero-order valence-electron chi connectivity index (χ0n) is 13.4. The van der Waals surface area contributed by atoms with Gasteiger partial charge in [-0.1, -0.05) is 19.1 Å². The number of hydrogen-bond donors (Lipinski definition) is 1. The highest BCUT2D eigenvalue weighted by molar-refractivity contribution is 5.22. The molecule has 21 heavy (non-hydrogen) atoms. The number of hydrogen-bond acceptors (Lipinski definition) is 3. The molecule has 0 aromatic heterocycles. The molecule has 0 aliphatic carbocycles. The van der Waals surface area contributed by atoms with Gasteiger partial charge in [-0.15, -0.1) is 0 Å². The fraction of sp³-hybridized carbons (Fsp3) is 0.625. The minimum atomic E-state index is -0.837. The van der Waals surface area contributed by atoms with Crippen molar-refractivity contribution < 1.29 is 8.78 Å². The van der Waals surface area contributed by atoms with E-state index in [-0.39, 0.29) is 5.56 Å². The van der Waals surface area contributed by atoms with Gasteiger partial charge in [0, 0.05) is 30.7 Å². The Morgan fingerprint density at radius 2 is 1.90 bits per heavy atom. The van der Waals surface area contributed by atoms with Gasteiger partial charge < -0.3 is 10.6 Å². The lowest BCUT2D eigenvalue weighted by Gasteiger charge is -2.30. The van der Waals surface area contributed by atoms with Gasteiger partial charge in [0.1, 0.15) is 0 Å². The van der Waals surface area contributed by atoms with E-state index in [2.05, 4.69) is 23.6 Å². The minimum absolute atomic E-state index is 0.256. The average Bonchev–Trinajstić information content (AvgIpc) is 2.41. The van der Waals surface area contributed by atoms with Crippen molar-refractivity contribution in [3.63, 3.8) is 0 Å². The summed E-state index contributed by atoms with van der Waals surface area (Å²) in [4.78, 5) is 4.44. The molecule has 0 bridgehead atoms. The van der Waals surface area contributed by atoms with E-state index in [1.807, 2.05) is 14.1 Å². The molecule has 0 aliphatic rings. The fourth-order valence-electron chi connectivity index (χ4n) is 2.60. The van der Waals surface area contributed by atoms with Crippen LogP contribution >= 0.6 is 0 Å². The molecular weight excluding hydrogens is 272 g/mol. The summed E-state index contributed by atoms with van der Waals surface area (Å²) in [6.45, 7) is 6.89. The second-order valence-electron chi connectivity index (χ2n) is 5.78. The van der Waals surface area contributed by atoms with Crippen LogP contribution in [0, 0.1) is 11.6 Å². The molecule has 2 unspecified atom stereocenters. The van der Waals surface area contributed by atoms with Crippen LogP contribution in [0.1, 0.15) is 31.9 Å². The SMILES string of the molecule is CCN(CCC(N)c1cccc(F)c1F)C(C)CN(C)C. The second-order valence-corrected chi connectivity index (χ2v) is 5.78. The topological polar surface area (TPSA) is 32.5 Å². The lowest BCUT2D eigenvalue weighted by atomic mass is 10.0. The van der Waals surface area contributed by atoms with Crippen molar-refractivity contribution in [3.05, 3.63) is 35.4 Å². The number of nitrogens with zero attached hydrogens (tertiary/aromatic N) is 2. The summed E-state index contributed by atoms with van der Waals surface area (Å²) in [5.74, 6) is -1.66. The number of rotatable bonds is 8. The van der Waals surface area contributed by atoms with Gasteiger partial charge in [0.15, 0.2) is 11.6 Å². The first kappa shape index (κ1) is 18.0. The van der Waals surface area contributed by atoms with E-state index in [0.29, 0.717) is 12.5 Å². The van der Waals surface area contributed by atoms with E-state index in [9.17, 15) is 8.78 Å². The molecule has 0 amide bonds. The molecule has 1 aromatic rings. The van der Waals surface area contributed by atoms with Gasteiger partial charge in [-0.25, -0.2) is 8.78 Å². The van der Waals surface area contributed by atoms with Crippen molar-refractivity contribution in [1.82, 2.24) is 9.80 Å². The quantitative estimate of drug-likeness (QED) is 0.801. The van der Waals surface area contributed by atoms with E-state index in [1.54, 1.807) is 6.07 Å². The minimum Gasteiger partial charge on any atom is -0.324 e. The molecular formula is C16H27F2N3. The Kier molecular flexibility index (Phi) is 7.22. The van der Waals surface area contributed by atoms with Crippen molar-refractivity contribution in [1.29, 1.82) is 0 Å². The second kappa shape index (κ2) is 8.41. The standard InChI is InChI=1S/C16H27F2N3/c1-5-21(12(2)11-20(3)4)10-9-15(19)13-7-6-8-14(17)16(13)18/h6-8,12,15H,5,9-11,19H2,1-4H3. The number of benzene rings is 1. The molecule has 120 valence electrons. The Hall–Kier alpha value is -1.04. The average molecular weight is 299 g/mol. The molecule has 0 heterocycles. The first-order chi connectivity index (χ1) is 9.86. The van der Waals surface area contributed by atoms with Crippen molar-refractivity contribution in [2.75, 3.05) is 33.7 Å². The summed E-state index contributed by atoms with van der Waals surface area (Å²) >= 11 is 0. The van der Waals surface area contributed by atoms with E-state index < -0.39 is 17.7 Å². The van der Waals surface area contributed by atoms with Crippen LogP contribution in [0.5, 0.6) is 0 Å². The molecule has 2 N–H and O–H groups in total. The van der Waals surface area contributed by atoms with Gasteiger partial charge in [0.05, 0.1) is 0 Å². The van der Waals surface area contributed by atoms with Gasteiger partial charge in [0.2, 0.25) is 0 Å². The molecule has 1 aromatic carbocycles. The van der Waals surface area contributed by atoms with Crippen LogP contribution in [0.15, 0.2) is 18.2 Å². The smallest absolute Gasteiger partial charge is 0.163 e. The predicted molar refractivity (Wildman–Crippen MR) is 83.2 cm³/mol. The first-order valence-corrected chi connectivity index (χ1v) is 7.45. The molecule has 1 rings (SSSR count). The first-order valence-electron chi connectivity index (χ1n) is 7.45. The zero-order valence-corrected chi connectivity index (χ0v) is 13.4.